The molecule has 0 spiro atoms. The molecule has 0 aliphatic carbocycles. The van der Waals surface area contributed by atoms with Crippen LogP contribution in [0.3, 0.4) is 0 Å². The number of ether oxygens (including phenoxy) is 1. The minimum atomic E-state index is -0.455. The molecule has 1 aromatic heterocycles. The second-order valence-electron chi connectivity index (χ2n) is 5.74. The number of methoxy groups -OCH3 is 1. The van der Waals surface area contributed by atoms with Crippen LogP contribution in [-0.4, -0.2) is 31.4 Å². The molecule has 0 saturated heterocycles. The number of fused-ring (bicyclic) bond motifs is 1. The van der Waals surface area contributed by atoms with Crippen LogP contribution >= 0.6 is 23.2 Å². The predicted octanol–water partition coefficient (Wildman–Crippen LogP) is 4.09. The Morgan fingerprint density at radius 1 is 1.21 bits per heavy atom. The summed E-state index contributed by atoms with van der Waals surface area (Å²) in [6, 6.07) is 9.72. The second-order valence-corrected chi connectivity index (χ2v) is 6.52. The molecule has 2 aromatic carbocycles. The zero-order valence-corrected chi connectivity index (χ0v) is 16.7. The van der Waals surface area contributed by atoms with E-state index in [1.165, 1.54) is 12.3 Å². The summed E-state index contributed by atoms with van der Waals surface area (Å²) in [6.07, 6.45) is 2.37. The first-order valence-electron chi connectivity index (χ1n) is 8.16. The van der Waals surface area contributed by atoms with Crippen LogP contribution in [0.5, 0.6) is 0 Å². The van der Waals surface area contributed by atoms with Crippen molar-refractivity contribution in [2.75, 3.05) is 19.5 Å². The summed E-state index contributed by atoms with van der Waals surface area (Å²) in [5.74, 6) is -0.455. The minimum Gasteiger partial charge on any atom is -0.388 e. The van der Waals surface area contributed by atoms with Crippen LogP contribution in [0, 0.1) is 0 Å². The van der Waals surface area contributed by atoms with Gasteiger partial charge in [-0.1, -0.05) is 35.3 Å². The van der Waals surface area contributed by atoms with Crippen molar-refractivity contribution in [3.05, 3.63) is 74.1 Å². The van der Waals surface area contributed by atoms with Crippen LogP contribution < -0.4 is 10.9 Å². The standard InChI is InChI=1S/C18H12Cl2N2O3.C2H6O/c19-14-9-13-11(4-6-21-17(13)24)8-15(14)22-18(25)12-3-1-2-10(5-7-23)16(12)20;1-3-2/h1-4,6-9H,5H2,(H,21,24)(H,22,25);1-2H3. The van der Waals surface area contributed by atoms with Crippen LogP contribution in [0.2, 0.25) is 10.0 Å². The minimum absolute atomic E-state index is 0.124. The SMILES string of the molecule is COC.O=CCc1cccc(C(=O)Nc2cc3cc[nH]c(=O)c3cc2Cl)c1Cl. The number of aromatic amines is 1. The number of rotatable bonds is 4. The van der Waals surface area contributed by atoms with E-state index in [-0.39, 0.29) is 27.6 Å². The molecule has 2 N–H and O–H groups in total. The van der Waals surface area contributed by atoms with Gasteiger partial charge in [-0.15, -0.1) is 0 Å². The number of pyridine rings is 1. The number of carbonyl (C=O) groups is 2. The topological polar surface area (TPSA) is 88.3 Å². The quantitative estimate of drug-likeness (QED) is 0.622. The van der Waals surface area contributed by atoms with Crippen molar-refractivity contribution >= 4 is 51.9 Å². The molecule has 6 nitrogen and oxygen atoms in total. The first kappa shape index (κ1) is 21.6. The Hall–Kier alpha value is -2.67. The lowest BCUT2D eigenvalue weighted by atomic mass is 10.1. The van der Waals surface area contributed by atoms with Crippen LogP contribution in [-0.2, 0) is 16.0 Å². The van der Waals surface area contributed by atoms with E-state index in [9.17, 15) is 14.4 Å². The van der Waals surface area contributed by atoms with E-state index < -0.39 is 5.91 Å². The lowest BCUT2D eigenvalue weighted by molar-refractivity contribution is -0.107. The number of aldehydes is 1. The van der Waals surface area contributed by atoms with E-state index >= 15 is 0 Å². The van der Waals surface area contributed by atoms with Crippen molar-refractivity contribution in [3.8, 4) is 0 Å². The normalized spacial score (nSPS) is 10.1. The van der Waals surface area contributed by atoms with E-state index in [1.54, 1.807) is 44.6 Å². The molecule has 3 aromatic rings. The van der Waals surface area contributed by atoms with Crippen LogP contribution in [0.4, 0.5) is 5.69 Å². The molecule has 0 atom stereocenters. The zero-order chi connectivity index (χ0) is 20.7. The molecular weight excluding hydrogens is 403 g/mol. The molecule has 28 heavy (non-hydrogen) atoms. The fraction of sp³-hybridized carbons (Fsp3) is 0.150. The molecule has 0 aliphatic rings. The van der Waals surface area contributed by atoms with Crippen LogP contribution in [0.1, 0.15) is 15.9 Å². The Balaban J connectivity index is 0.000000878. The van der Waals surface area contributed by atoms with Gasteiger partial charge in [-0.3, -0.25) is 9.59 Å². The predicted molar refractivity (Wildman–Crippen MR) is 112 cm³/mol. The number of H-pyrrole nitrogens is 1. The summed E-state index contributed by atoms with van der Waals surface area (Å²) in [5.41, 5.74) is 0.909. The second kappa shape index (κ2) is 10.0. The molecule has 8 heteroatoms. The number of halogens is 2. The van der Waals surface area contributed by atoms with E-state index in [0.29, 0.717) is 22.0 Å². The summed E-state index contributed by atoms with van der Waals surface area (Å²) < 4.78 is 4.25. The maximum absolute atomic E-state index is 12.5. The third-order valence-corrected chi connectivity index (χ3v) is 4.49. The Morgan fingerprint density at radius 2 is 1.93 bits per heavy atom. The highest BCUT2D eigenvalue weighted by Gasteiger charge is 2.15. The lowest BCUT2D eigenvalue weighted by Crippen LogP contribution is -2.14. The van der Waals surface area contributed by atoms with Gasteiger partial charge < -0.3 is 19.8 Å². The smallest absolute Gasteiger partial charge is 0.257 e. The molecule has 0 bridgehead atoms. The maximum atomic E-state index is 12.5. The van der Waals surface area contributed by atoms with Crippen molar-refractivity contribution in [1.29, 1.82) is 0 Å². The van der Waals surface area contributed by atoms with Gasteiger partial charge in [-0.25, -0.2) is 0 Å². The van der Waals surface area contributed by atoms with E-state index in [0.717, 1.165) is 6.29 Å². The summed E-state index contributed by atoms with van der Waals surface area (Å²) in [4.78, 5) is 37.6. The number of carbonyl (C=O) groups excluding carboxylic acids is 2. The van der Waals surface area contributed by atoms with Crippen LogP contribution in [0.25, 0.3) is 10.8 Å². The van der Waals surface area contributed by atoms with Crippen molar-refractivity contribution in [2.24, 2.45) is 0 Å². The molecule has 0 radical (unpaired) electrons. The van der Waals surface area contributed by atoms with Gasteiger partial charge >= 0.3 is 0 Å². The van der Waals surface area contributed by atoms with Crippen molar-refractivity contribution in [1.82, 2.24) is 4.98 Å². The summed E-state index contributed by atoms with van der Waals surface area (Å²) in [5, 5.41) is 4.22. The fourth-order valence-corrected chi connectivity index (χ4v) is 3.00. The molecule has 0 saturated carbocycles. The molecular formula is C20H18Cl2N2O4. The number of hydrogen-bond acceptors (Lipinski definition) is 4. The molecule has 3 rings (SSSR count). The summed E-state index contributed by atoms with van der Waals surface area (Å²) in [7, 11) is 3.25. The zero-order valence-electron chi connectivity index (χ0n) is 15.2. The largest absolute Gasteiger partial charge is 0.388 e. The first-order valence-corrected chi connectivity index (χ1v) is 8.92. The molecule has 0 fully saturated rings. The van der Waals surface area contributed by atoms with Gasteiger partial charge in [0.2, 0.25) is 0 Å². The van der Waals surface area contributed by atoms with E-state index in [1.807, 2.05) is 0 Å². The highest BCUT2D eigenvalue weighted by molar-refractivity contribution is 6.37. The highest BCUT2D eigenvalue weighted by Crippen LogP contribution is 2.28. The molecule has 1 amide bonds. The van der Waals surface area contributed by atoms with Gasteiger partial charge in [0.15, 0.2) is 0 Å². The molecule has 146 valence electrons. The van der Waals surface area contributed by atoms with Gasteiger partial charge in [-0.2, -0.15) is 0 Å². The molecule has 0 unspecified atom stereocenters. The van der Waals surface area contributed by atoms with Gasteiger partial charge in [0.05, 0.1) is 21.3 Å². The summed E-state index contributed by atoms with van der Waals surface area (Å²) >= 11 is 12.4. The van der Waals surface area contributed by atoms with Gasteiger partial charge in [-0.05, 0) is 35.2 Å². The average molecular weight is 421 g/mol. The van der Waals surface area contributed by atoms with Gasteiger partial charge in [0.1, 0.15) is 6.29 Å². The average Bonchev–Trinajstić information content (AvgIpc) is 2.66. The number of amides is 1. The number of nitrogens with one attached hydrogen (secondary N) is 2. The molecule has 1 heterocycles. The summed E-state index contributed by atoms with van der Waals surface area (Å²) in [6.45, 7) is 0. The number of benzene rings is 2. The van der Waals surface area contributed by atoms with Gasteiger partial charge in [0.25, 0.3) is 11.5 Å². The maximum Gasteiger partial charge on any atom is 0.257 e. The Morgan fingerprint density at radius 3 is 2.61 bits per heavy atom. The van der Waals surface area contributed by atoms with Crippen LogP contribution in [0.15, 0.2) is 47.4 Å². The number of anilines is 1. The third-order valence-electron chi connectivity index (χ3n) is 3.74. The Bertz CT molecular complexity index is 1060. The lowest BCUT2D eigenvalue weighted by Gasteiger charge is -2.11. The monoisotopic (exact) mass is 420 g/mol. The van der Waals surface area contributed by atoms with Crippen molar-refractivity contribution in [3.63, 3.8) is 0 Å². The third kappa shape index (κ3) is 4.98. The van der Waals surface area contributed by atoms with E-state index in [4.69, 9.17) is 23.2 Å². The first-order chi connectivity index (χ1) is 13.4. The fourth-order valence-electron chi connectivity index (χ4n) is 2.50. The van der Waals surface area contributed by atoms with Gasteiger partial charge in [0, 0.05) is 32.2 Å². The highest BCUT2D eigenvalue weighted by atomic mass is 35.5. The number of aromatic nitrogens is 1. The molecule has 0 aliphatic heterocycles. The van der Waals surface area contributed by atoms with E-state index in [2.05, 4.69) is 15.0 Å². The Labute approximate surface area is 171 Å². The Kier molecular flexibility index (Phi) is 7.75. The number of hydrogen-bond donors (Lipinski definition) is 2. The van der Waals surface area contributed by atoms with Crippen molar-refractivity contribution < 1.29 is 14.3 Å². The van der Waals surface area contributed by atoms with Crippen molar-refractivity contribution in [2.45, 2.75) is 6.42 Å².